The van der Waals surface area contributed by atoms with Gasteiger partial charge >= 0.3 is 6.18 Å². The zero-order valence-electron chi connectivity index (χ0n) is 17.4. The van der Waals surface area contributed by atoms with Crippen LogP contribution in [0.15, 0.2) is 0 Å². The normalized spacial score (nSPS) is 33.3. The van der Waals surface area contributed by atoms with Crippen molar-refractivity contribution in [2.75, 3.05) is 0 Å². The fourth-order valence-corrected chi connectivity index (χ4v) is 8.16. The van der Waals surface area contributed by atoms with Crippen LogP contribution in [0, 0.1) is 23.7 Å². The Labute approximate surface area is 158 Å². The van der Waals surface area contributed by atoms with Crippen molar-refractivity contribution in [1.82, 2.24) is 0 Å². The van der Waals surface area contributed by atoms with Gasteiger partial charge in [0.05, 0.1) is 0 Å². The van der Waals surface area contributed by atoms with Crippen molar-refractivity contribution in [3.05, 3.63) is 0 Å². The van der Waals surface area contributed by atoms with Crippen LogP contribution in [-0.4, -0.2) is 31.5 Å². The van der Waals surface area contributed by atoms with Gasteiger partial charge in [0, 0.05) is 5.60 Å². The van der Waals surface area contributed by atoms with Crippen molar-refractivity contribution >= 4 is 9.04 Å². The maximum atomic E-state index is 13.1. The minimum absolute atomic E-state index is 0.0142. The molecule has 2 saturated carbocycles. The highest BCUT2D eigenvalue weighted by Gasteiger charge is 2.55. The molecule has 26 heavy (non-hydrogen) atoms. The van der Waals surface area contributed by atoms with E-state index in [-0.39, 0.29) is 23.0 Å². The van der Waals surface area contributed by atoms with Gasteiger partial charge in [-0.3, -0.25) is 0 Å². The largest absolute Gasteiger partial charge is 0.416 e. The highest BCUT2D eigenvalue weighted by Crippen LogP contribution is 2.57. The highest BCUT2D eigenvalue weighted by molar-refractivity contribution is 6.55. The molecule has 2 bridgehead atoms. The predicted octanol–water partition coefficient (Wildman–Crippen LogP) is 5.69. The highest BCUT2D eigenvalue weighted by atomic mass is 28.3. The summed E-state index contributed by atoms with van der Waals surface area (Å²) in [5.74, 6) is 1.29. The molecular formula is C20H37F3O2Si. The zero-order chi connectivity index (χ0) is 20.1. The van der Waals surface area contributed by atoms with Crippen molar-refractivity contribution in [1.29, 1.82) is 0 Å². The van der Waals surface area contributed by atoms with Crippen LogP contribution in [0.1, 0.15) is 74.1 Å². The molecule has 2 aliphatic carbocycles. The molecule has 6 atom stereocenters. The van der Waals surface area contributed by atoms with Gasteiger partial charge in [0.1, 0.15) is 0 Å². The molecule has 2 aliphatic rings. The summed E-state index contributed by atoms with van der Waals surface area (Å²) in [7, 11) is -1.53. The van der Waals surface area contributed by atoms with E-state index in [9.17, 15) is 18.3 Å². The molecule has 154 valence electrons. The summed E-state index contributed by atoms with van der Waals surface area (Å²) >= 11 is 0. The molecule has 0 aromatic rings. The van der Waals surface area contributed by atoms with Crippen molar-refractivity contribution in [3.63, 3.8) is 0 Å². The second kappa shape index (κ2) is 7.07. The maximum absolute atomic E-state index is 13.1. The predicted molar refractivity (Wildman–Crippen MR) is 102 cm³/mol. The fraction of sp³-hybridized carbons (Fsp3) is 1.00. The number of halogens is 3. The van der Waals surface area contributed by atoms with Crippen LogP contribution in [0.2, 0.25) is 11.1 Å². The Morgan fingerprint density at radius 3 is 1.88 bits per heavy atom. The molecule has 0 spiro atoms. The Morgan fingerprint density at radius 1 is 0.923 bits per heavy atom. The molecule has 0 radical (unpaired) electrons. The van der Waals surface area contributed by atoms with Gasteiger partial charge in [-0.25, -0.2) is 0 Å². The van der Waals surface area contributed by atoms with Crippen molar-refractivity contribution in [2.24, 2.45) is 23.7 Å². The molecule has 0 saturated heterocycles. The lowest BCUT2D eigenvalue weighted by Gasteiger charge is -2.40. The number of alkyl halides is 3. The lowest BCUT2D eigenvalue weighted by molar-refractivity contribution is -0.259. The van der Waals surface area contributed by atoms with E-state index in [0.29, 0.717) is 17.8 Å². The second-order valence-corrected chi connectivity index (χ2v) is 14.5. The Balaban J connectivity index is 2.07. The van der Waals surface area contributed by atoms with Gasteiger partial charge in [0.2, 0.25) is 0 Å². The van der Waals surface area contributed by atoms with Crippen LogP contribution in [-0.2, 0) is 4.43 Å². The van der Waals surface area contributed by atoms with E-state index in [1.54, 1.807) is 0 Å². The first-order valence-electron chi connectivity index (χ1n) is 9.96. The minimum atomic E-state index is -4.55. The first-order valence-corrected chi connectivity index (χ1v) is 11.8. The van der Waals surface area contributed by atoms with Gasteiger partial charge in [0.15, 0.2) is 14.6 Å². The molecule has 0 amide bonds. The lowest BCUT2D eigenvalue weighted by atomic mass is 9.76. The average Bonchev–Trinajstić information content (AvgIpc) is 2.92. The number of rotatable bonds is 5. The summed E-state index contributed by atoms with van der Waals surface area (Å²) < 4.78 is 45.8. The molecule has 0 aromatic heterocycles. The molecule has 6 unspecified atom stereocenters. The van der Waals surface area contributed by atoms with Gasteiger partial charge in [-0.15, -0.1) is 0 Å². The van der Waals surface area contributed by atoms with Crippen LogP contribution in [0.5, 0.6) is 0 Å². The molecular weight excluding hydrogens is 357 g/mol. The molecule has 0 aromatic carbocycles. The van der Waals surface area contributed by atoms with Gasteiger partial charge < -0.3 is 9.53 Å². The summed E-state index contributed by atoms with van der Waals surface area (Å²) in [6.45, 7) is 13.9. The monoisotopic (exact) mass is 394 g/mol. The van der Waals surface area contributed by atoms with Crippen molar-refractivity contribution < 1.29 is 22.7 Å². The van der Waals surface area contributed by atoms with E-state index in [1.165, 1.54) is 0 Å². The molecule has 2 nitrogen and oxygen atoms in total. The summed E-state index contributed by atoms with van der Waals surface area (Å²) in [6.07, 6.45) is -1.71. The third-order valence-corrected chi connectivity index (χ3v) is 10.3. The van der Waals surface area contributed by atoms with E-state index in [0.717, 1.165) is 32.2 Å². The van der Waals surface area contributed by atoms with Crippen LogP contribution < -0.4 is 0 Å². The second-order valence-electron chi connectivity index (χ2n) is 11.1. The third kappa shape index (κ3) is 5.25. The average molecular weight is 395 g/mol. The molecule has 1 N–H and O–H groups in total. The topological polar surface area (TPSA) is 29.5 Å². The summed E-state index contributed by atoms with van der Waals surface area (Å²) in [4.78, 5) is 0. The minimum Gasteiger partial charge on any atom is -0.415 e. The zero-order valence-corrected chi connectivity index (χ0v) is 18.6. The van der Waals surface area contributed by atoms with E-state index in [4.69, 9.17) is 4.43 Å². The van der Waals surface area contributed by atoms with Crippen LogP contribution in [0.25, 0.3) is 0 Å². The summed E-state index contributed by atoms with van der Waals surface area (Å²) in [5.41, 5.74) is -2.75. The van der Waals surface area contributed by atoms with Crippen LogP contribution in [0.4, 0.5) is 13.2 Å². The van der Waals surface area contributed by atoms with Crippen LogP contribution >= 0.6 is 0 Å². The number of hydrogen-bond acceptors (Lipinski definition) is 2. The molecule has 0 aliphatic heterocycles. The summed E-state index contributed by atoms with van der Waals surface area (Å²) in [5, 5.41) is 10.1. The quantitative estimate of drug-likeness (QED) is 0.607. The Hall–Kier alpha value is -0.0731. The first-order chi connectivity index (χ1) is 11.5. The van der Waals surface area contributed by atoms with Crippen LogP contribution in [0.3, 0.4) is 0 Å². The van der Waals surface area contributed by atoms with E-state index in [2.05, 4.69) is 41.5 Å². The molecule has 6 heteroatoms. The van der Waals surface area contributed by atoms with Gasteiger partial charge in [-0.05, 0) is 88.1 Å². The SMILES string of the molecule is CC(C)(C)O[SiH](CC1CC2CC(CC(C)(O)C(F)(F)F)C1C2)C(C)(C)C. The van der Waals surface area contributed by atoms with Crippen molar-refractivity contribution in [2.45, 2.75) is 103 Å². The Bertz CT molecular complexity index is 491. The molecule has 0 heterocycles. The van der Waals surface area contributed by atoms with Gasteiger partial charge in [-0.2, -0.15) is 13.2 Å². The van der Waals surface area contributed by atoms with Gasteiger partial charge in [-0.1, -0.05) is 20.8 Å². The first kappa shape index (κ1) is 22.2. The van der Waals surface area contributed by atoms with Gasteiger partial charge in [0.25, 0.3) is 0 Å². The Morgan fingerprint density at radius 2 is 1.46 bits per heavy atom. The number of hydrogen-bond donors (Lipinski definition) is 1. The molecule has 2 rings (SSSR count). The molecule has 2 fully saturated rings. The maximum Gasteiger partial charge on any atom is 0.416 e. The smallest absolute Gasteiger partial charge is 0.415 e. The van der Waals surface area contributed by atoms with E-state index in [1.807, 2.05) is 0 Å². The lowest BCUT2D eigenvalue weighted by Crippen LogP contribution is -2.45. The number of fused-ring (bicyclic) bond motifs is 2. The van der Waals surface area contributed by atoms with Crippen molar-refractivity contribution in [3.8, 4) is 0 Å². The standard InChI is InChI=1S/C20H37F3O2Si/c1-17(2,3)25-26(18(4,5)6)12-15-9-13-8-14(16(15)10-13)11-19(7,24)20(21,22)23/h13-16,24,26H,8-12H2,1-7H3. The Kier molecular flexibility index (Phi) is 6.04. The van der Waals surface area contributed by atoms with E-state index >= 15 is 0 Å². The number of aliphatic hydroxyl groups is 1. The van der Waals surface area contributed by atoms with E-state index < -0.39 is 20.8 Å². The fourth-order valence-electron chi connectivity index (χ4n) is 5.06. The third-order valence-electron chi connectivity index (χ3n) is 6.34. The summed E-state index contributed by atoms with van der Waals surface area (Å²) in [6, 6.07) is 1.03.